The van der Waals surface area contributed by atoms with Crippen LogP contribution in [0.5, 0.6) is 0 Å². The van der Waals surface area contributed by atoms with Crippen LogP contribution in [-0.4, -0.2) is 50.5 Å². The molecule has 0 aliphatic rings. The van der Waals surface area contributed by atoms with Crippen LogP contribution in [0.15, 0.2) is 48.5 Å². The molecule has 0 heterocycles. The molecule has 0 radical (unpaired) electrons. The molecule has 32 heavy (non-hydrogen) atoms. The second-order valence-electron chi connectivity index (χ2n) is 7.72. The zero-order valence-electron chi connectivity index (χ0n) is 18.8. The summed E-state index contributed by atoms with van der Waals surface area (Å²) in [5, 5.41) is 2.82. The number of rotatable bonds is 10. The molecule has 1 N–H and O–H groups in total. The quantitative estimate of drug-likeness (QED) is 0.444. The van der Waals surface area contributed by atoms with E-state index >= 15 is 0 Å². The van der Waals surface area contributed by atoms with E-state index in [0.717, 1.165) is 31.7 Å². The van der Waals surface area contributed by atoms with Crippen LogP contribution < -0.4 is 9.62 Å². The highest BCUT2D eigenvalue weighted by Gasteiger charge is 2.29. The summed E-state index contributed by atoms with van der Waals surface area (Å²) in [5.74, 6) is -0.721. The average Bonchev–Trinajstić information content (AvgIpc) is 2.74. The maximum Gasteiger partial charge on any atom is 0.244 e. The first kappa shape index (κ1) is 26.1. The van der Waals surface area contributed by atoms with Gasteiger partial charge in [0.05, 0.1) is 11.9 Å². The van der Waals surface area contributed by atoms with Crippen LogP contribution >= 0.6 is 22.6 Å². The number of anilines is 1. The monoisotopic (exact) mass is 571 g/mol. The van der Waals surface area contributed by atoms with Crippen LogP contribution in [0.1, 0.15) is 31.4 Å². The van der Waals surface area contributed by atoms with E-state index in [1.807, 2.05) is 38.1 Å². The summed E-state index contributed by atoms with van der Waals surface area (Å²) in [6.07, 6.45) is 1.85. The van der Waals surface area contributed by atoms with Gasteiger partial charge in [-0.05, 0) is 72.7 Å². The van der Waals surface area contributed by atoms with Crippen molar-refractivity contribution in [1.29, 1.82) is 0 Å². The zero-order chi connectivity index (χ0) is 23.9. The Morgan fingerprint density at radius 1 is 1.06 bits per heavy atom. The van der Waals surface area contributed by atoms with Crippen LogP contribution in [-0.2, 0) is 26.2 Å². The molecule has 2 aromatic rings. The third kappa shape index (κ3) is 7.47. The molecule has 2 aromatic carbocycles. The smallest absolute Gasteiger partial charge is 0.244 e. The van der Waals surface area contributed by atoms with Crippen molar-refractivity contribution >= 4 is 50.1 Å². The number of carbonyl (C=O) groups excluding carboxylic acids is 2. The van der Waals surface area contributed by atoms with Crippen molar-refractivity contribution in [2.75, 3.05) is 23.7 Å². The molecule has 0 spiro atoms. The van der Waals surface area contributed by atoms with Crippen LogP contribution in [0, 0.1) is 10.5 Å². The number of benzene rings is 2. The number of aryl methyl sites for hydroxylation is 1. The van der Waals surface area contributed by atoms with Crippen molar-refractivity contribution < 1.29 is 18.0 Å². The van der Waals surface area contributed by atoms with Gasteiger partial charge in [0, 0.05) is 16.7 Å². The largest absolute Gasteiger partial charge is 0.354 e. The van der Waals surface area contributed by atoms with Gasteiger partial charge in [-0.15, -0.1) is 0 Å². The lowest BCUT2D eigenvalue weighted by molar-refractivity contribution is -0.139. The molecule has 9 heteroatoms. The molecule has 2 amide bonds. The summed E-state index contributed by atoms with van der Waals surface area (Å²) in [6.45, 7) is 5.89. The number of amides is 2. The van der Waals surface area contributed by atoms with Crippen molar-refractivity contribution in [1.82, 2.24) is 10.2 Å². The van der Waals surface area contributed by atoms with E-state index in [2.05, 4.69) is 27.9 Å². The minimum atomic E-state index is -3.72. The molecule has 1 unspecified atom stereocenters. The van der Waals surface area contributed by atoms with Gasteiger partial charge in [0.2, 0.25) is 21.8 Å². The summed E-state index contributed by atoms with van der Waals surface area (Å²) in [5.41, 5.74) is 2.35. The molecular weight excluding hydrogens is 541 g/mol. The molecule has 174 valence electrons. The van der Waals surface area contributed by atoms with Crippen molar-refractivity contribution in [3.05, 3.63) is 63.2 Å². The van der Waals surface area contributed by atoms with Crippen molar-refractivity contribution in [3.63, 3.8) is 0 Å². The minimum absolute atomic E-state index is 0.199. The lowest BCUT2D eigenvalue weighted by Gasteiger charge is -2.31. The lowest BCUT2D eigenvalue weighted by atomic mass is 10.1. The zero-order valence-corrected chi connectivity index (χ0v) is 21.8. The van der Waals surface area contributed by atoms with Gasteiger partial charge in [-0.2, -0.15) is 0 Å². The Kier molecular flexibility index (Phi) is 9.50. The summed E-state index contributed by atoms with van der Waals surface area (Å²) in [6, 6.07) is 13.8. The van der Waals surface area contributed by atoms with Gasteiger partial charge in [-0.3, -0.25) is 13.9 Å². The first-order valence-corrected chi connectivity index (χ1v) is 13.3. The molecular formula is C23H30IN3O4S. The van der Waals surface area contributed by atoms with E-state index in [0.29, 0.717) is 12.2 Å². The Bertz CT molecular complexity index is 1020. The van der Waals surface area contributed by atoms with E-state index in [-0.39, 0.29) is 12.5 Å². The third-order valence-electron chi connectivity index (χ3n) is 4.98. The van der Waals surface area contributed by atoms with Gasteiger partial charge in [0.15, 0.2) is 0 Å². The number of carbonyl (C=O) groups is 2. The predicted octanol–water partition coefficient (Wildman–Crippen LogP) is 3.31. The predicted molar refractivity (Wildman–Crippen MR) is 136 cm³/mol. The van der Waals surface area contributed by atoms with Crippen LogP contribution in [0.3, 0.4) is 0 Å². The second-order valence-corrected chi connectivity index (χ2v) is 10.9. The number of hydrogen-bond donors (Lipinski definition) is 1. The Labute approximate surface area is 204 Å². The Balaban J connectivity index is 2.34. The standard InChI is InChI=1S/C23H30IN3O4S/c1-5-14-25-23(29)18(3)26(15-19-8-6-17(2)7-9-19)22(28)16-27(32(4,30)31)21-12-10-20(24)11-13-21/h6-13,18H,5,14-16H2,1-4H3,(H,25,29). The van der Waals surface area contributed by atoms with E-state index in [9.17, 15) is 18.0 Å². The number of nitrogens with one attached hydrogen (secondary N) is 1. The van der Waals surface area contributed by atoms with Crippen molar-refractivity contribution in [2.24, 2.45) is 0 Å². The summed E-state index contributed by atoms with van der Waals surface area (Å²) >= 11 is 2.13. The average molecular weight is 571 g/mol. The summed E-state index contributed by atoms with van der Waals surface area (Å²) in [4.78, 5) is 27.4. The van der Waals surface area contributed by atoms with Gasteiger partial charge in [-0.1, -0.05) is 36.8 Å². The molecule has 0 aliphatic carbocycles. The molecule has 0 bridgehead atoms. The molecule has 0 saturated heterocycles. The highest BCUT2D eigenvalue weighted by molar-refractivity contribution is 14.1. The van der Waals surface area contributed by atoms with Crippen molar-refractivity contribution in [3.8, 4) is 0 Å². The van der Waals surface area contributed by atoms with E-state index < -0.39 is 28.5 Å². The molecule has 0 aliphatic heterocycles. The highest BCUT2D eigenvalue weighted by Crippen LogP contribution is 2.20. The fourth-order valence-electron chi connectivity index (χ4n) is 3.09. The Morgan fingerprint density at radius 3 is 2.19 bits per heavy atom. The van der Waals surface area contributed by atoms with Gasteiger partial charge in [-0.25, -0.2) is 8.42 Å². The van der Waals surface area contributed by atoms with Gasteiger partial charge < -0.3 is 10.2 Å². The number of hydrogen-bond acceptors (Lipinski definition) is 4. The van der Waals surface area contributed by atoms with E-state index in [4.69, 9.17) is 0 Å². The molecule has 2 rings (SSSR count). The normalized spacial score (nSPS) is 12.2. The SMILES string of the molecule is CCCNC(=O)C(C)N(Cc1ccc(C)cc1)C(=O)CN(c1ccc(I)cc1)S(C)(=O)=O. The fourth-order valence-corrected chi connectivity index (χ4v) is 4.30. The third-order valence-corrected chi connectivity index (χ3v) is 6.84. The molecule has 0 fully saturated rings. The van der Waals surface area contributed by atoms with Crippen LogP contribution in [0.2, 0.25) is 0 Å². The van der Waals surface area contributed by atoms with E-state index in [1.54, 1.807) is 31.2 Å². The van der Waals surface area contributed by atoms with E-state index in [1.165, 1.54) is 4.90 Å². The molecule has 7 nitrogen and oxygen atoms in total. The summed E-state index contributed by atoms with van der Waals surface area (Å²) < 4.78 is 27.0. The van der Waals surface area contributed by atoms with Gasteiger partial charge >= 0.3 is 0 Å². The first-order chi connectivity index (χ1) is 15.0. The highest BCUT2D eigenvalue weighted by atomic mass is 127. The Morgan fingerprint density at radius 2 is 1.66 bits per heavy atom. The lowest BCUT2D eigenvalue weighted by Crippen LogP contribution is -2.51. The minimum Gasteiger partial charge on any atom is -0.354 e. The molecule has 1 atom stereocenters. The molecule has 0 aromatic heterocycles. The first-order valence-electron chi connectivity index (χ1n) is 10.4. The van der Waals surface area contributed by atoms with Crippen LogP contribution in [0.4, 0.5) is 5.69 Å². The van der Waals surface area contributed by atoms with Gasteiger partial charge in [0.25, 0.3) is 0 Å². The number of halogens is 1. The second kappa shape index (κ2) is 11.6. The maximum atomic E-state index is 13.4. The topological polar surface area (TPSA) is 86.8 Å². The number of sulfonamides is 1. The maximum absolute atomic E-state index is 13.4. The van der Waals surface area contributed by atoms with Gasteiger partial charge in [0.1, 0.15) is 12.6 Å². The Hall–Kier alpha value is -2.14. The number of nitrogens with zero attached hydrogens (tertiary/aromatic N) is 2. The van der Waals surface area contributed by atoms with Crippen LogP contribution in [0.25, 0.3) is 0 Å². The molecule has 0 saturated carbocycles. The summed E-state index contributed by atoms with van der Waals surface area (Å²) in [7, 11) is -3.72. The fraction of sp³-hybridized carbons (Fsp3) is 0.391. The van der Waals surface area contributed by atoms with Crippen molar-refractivity contribution in [2.45, 2.75) is 39.8 Å².